The molecular weight excluding hydrogens is 164 g/mol. The highest BCUT2D eigenvalue weighted by Gasteiger charge is 1.98. The summed E-state index contributed by atoms with van der Waals surface area (Å²) in [5.74, 6) is 0.515. The van der Waals surface area contributed by atoms with Gasteiger partial charge in [-0.1, -0.05) is 0 Å². The number of rotatable bonds is 1. The Morgan fingerprint density at radius 3 is 2.85 bits per heavy atom. The van der Waals surface area contributed by atoms with Crippen LogP contribution in [0.2, 0.25) is 0 Å². The summed E-state index contributed by atoms with van der Waals surface area (Å²) in [6.45, 7) is 1.99. The normalized spacial score (nSPS) is 10.2. The van der Waals surface area contributed by atoms with Gasteiger partial charge < -0.3 is 5.73 Å². The summed E-state index contributed by atoms with van der Waals surface area (Å²) < 4.78 is 1.70. The van der Waals surface area contributed by atoms with Gasteiger partial charge in [-0.25, -0.2) is 4.68 Å². The molecule has 66 valence electrons. The van der Waals surface area contributed by atoms with E-state index in [1.54, 1.807) is 23.1 Å². The molecule has 0 aliphatic heterocycles. The highest BCUT2D eigenvalue weighted by molar-refractivity contribution is 5.34. The molecule has 13 heavy (non-hydrogen) atoms. The second-order valence-corrected chi connectivity index (χ2v) is 2.91. The van der Waals surface area contributed by atoms with Gasteiger partial charge in [-0.2, -0.15) is 5.10 Å². The Kier molecular flexibility index (Phi) is 1.73. The number of hydrogen-bond donors (Lipinski definition) is 1. The van der Waals surface area contributed by atoms with Gasteiger partial charge in [0, 0.05) is 18.5 Å². The van der Waals surface area contributed by atoms with Crippen molar-refractivity contribution in [1.82, 2.24) is 14.8 Å². The van der Waals surface area contributed by atoms with E-state index in [2.05, 4.69) is 10.1 Å². The van der Waals surface area contributed by atoms with Crippen LogP contribution in [0.5, 0.6) is 0 Å². The molecule has 0 saturated carbocycles. The predicted octanol–water partition coefficient (Wildman–Crippen LogP) is 1.16. The number of hydrogen-bond acceptors (Lipinski definition) is 3. The molecule has 0 unspecified atom stereocenters. The van der Waals surface area contributed by atoms with Crippen molar-refractivity contribution in [2.75, 3.05) is 5.73 Å². The third-order valence-corrected chi connectivity index (χ3v) is 1.73. The number of pyridine rings is 1. The van der Waals surface area contributed by atoms with Gasteiger partial charge in [0.2, 0.25) is 0 Å². The maximum absolute atomic E-state index is 5.50. The zero-order valence-electron chi connectivity index (χ0n) is 7.31. The van der Waals surface area contributed by atoms with Crippen molar-refractivity contribution >= 4 is 5.82 Å². The molecule has 0 aliphatic carbocycles. The van der Waals surface area contributed by atoms with Gasteiger partial charge in [0.05, 0.1) is 11.9 Å². The average molecular weight is 174 g/mol. The third kappa shape index (κ3) is 1.51. The molecule has 0 amide bonds. The van der Waals surface area contributed by atoms with Gasteiger partial charge >= 0.3 is 0 Å². The fourth-order valence-electron chi connectivity index (χ4n) is 1.15. The molecule has 4 nitrogen and oxygen atoms in total. The maximum Gasteiger partial charge on any atom is 0.145 e. The van der Waals surface area contributed by atoms with E-state index < -0.39 is 0 Å². The van der Waals surface area contributed by atoms with Crippen molar-refractivity contribution in [3.63, 3.8) is 0 Å². The minimum Gasteiger partial charge on any atom is -0.382 e. The first-order valence-corrected chi connectivity index (χ1v) is 3.99. The highest BCUT2D eigenvalue weighted by Crippen LogP contribution is 2.08. The first-order chi connectivity index (χ1) is 6.25. The molecule has 0 aliphatic rings. The number of aromatic nitrogens is 3. The summed E-state index contributed by atoms with van der Waals surface area (Å²) in [6, 6.07) is 3.75. The van der Waals surface area contributed by atoms with Crippen LogP contribution in [0.3, 0.4) is 0 Å². The summed E-state index contributed by atoms with van der Waals surface area (Å²) in [5.41, 5.74) is 7.53. The fraction of sp³-hybridized carbons (Fsp3) is 0.111. The summed E-state index contributed by atoms with van der Waals surface area (Å²) >= 11 is 0. The molecular formula is C9H10N4. The first kappa shape index (κ1) is 7.79. The molecule has 0 spiro atoms. The lowest BCUT2D eigenvalue weighted by molar-refractivity contribution is 0.877. The van der Waals surface area contributed by atoms with Crippen LogP contribution in [-0.4, -0.2) is 14.8 Å². The lowest BCUT2D eigenvalue weighted by Gasteiger charge is -2.00. The fourth-order valence-corrected chi connectivity index (χ4v) is 1.15. The van der Waals surface area contributed by atoms with Crippen LogP contribution in [0, 0.1) is 6.92 Å². The number of aryl methyl sites for hydroxylation is 1. The monoisotopic (exact) mass is 174 g/mol. The lowest BCUT2D eigenvalue weighted by atomic mass is 10.3. The van der Waals surface area contributed by atoms with Crippen molar-refractivity contribution in [1.29, 1.82) is 0 Å². The molecule has 0 saturated heterocycles. The van der Waals surface area contributed by atoms with Gasteiger partial charge in [0.15, 0.2) is 0 Å². The Hall–Kier alpha value is -1.84. The summed E-state index contributed by atoms with van der Waals surface area (Å²) in [6.07, 6.45) is 5.36. The van der Waals surface area contributed by atoms with E-state index in [0.29, 0.717) is 5.82 Å². The molecule has 4 heteroatoms. The van der Waals surface area contributed by atoms with Crippen LogP contribution in [0.1, 0.15) is 5.56 Å². The molecule has 0 aromatic carbocycles. The average Bonchev–Trinajstić information content (AvgIpc) is 2.52. The Morgan fingerprint density at radius 2 is 2.23 bits per heavy atom. The third-order valence-electron chi connectivity index (χ3n) is 1.73. The van der Waals surface area contributed by atoms with E-state index in [4.69, 9.17) is 5.73 Å². The zero-order chi connectivity index (χ0) is 9.26. The Balaban J connectivity index is 2.46. The highest BCUT2D eigenvalue weighted by atomic mass is 15.3. The van der Waals surface area contributed by atoms with Gasteiger partial charge in [-0.3, -0.25) is 4.98 Å². The van der Waals surface area contributed by atoms with Crippen LogP contribution in [0.15, 0.2) is 30.7 Å². The van der Waals surface area contributed by atoms with Crippen molar-refractivity contribution in [3.05, 3.63) is 36.3 Å². The second-order valence-electron chi connectivity index (χ2n) is 2.91. The van der Waals surface area contributed by atoms with E-state index in [-0.39, 0.29) is 0 Å². The largest absolute Gasteiger partial charge is 0.382 e. The molecule has 0 atom stereocenters. The number of anilines is 1. The van der Waals surface area contributed by atoms with Gasteiger partial charge in [-0.15, -0.1) is 0 Å². The van der Waals surface area contributed by atoms with Crippen molar-refractivity contribution in [3.8, 4) is 5.69 Å². The van der Waals surface area contributed by atoms with Gasteiger partial charge in [-0.05, 0) is 18.6 Å². The molecule has 2 rings (SSSR count). The van der Waals surface area contributed by atoms with Gasteiger partial charge in [0.25, 0.3) is 0 Å². The van der Waals surface area contributed by atoms with Crippen LogP contribution < -0.4 is 5.73 Å². The van der Waals surface area contributed by atoms with Crippen molar-refractivity contribution in [2.45, 2.75) is 6.92 Å². The molecule has 2 aromatic heterocycles. The Bertz CT molecular complexity index is 419. The predicted molar refractivity (Wildman–Crippen MR) is 50.5 cm³/mol. The topological polar surface area (TPSA) is 56.7 Å². The summed E-state index contributed by atoms with van der Waals surface area (Å²) in [4.78, 5) is 4.07. The molecule has 0 bridgehead atoms. The van der Waals surface area contributed by atoms with E-state index in [0.717, 1.165) is 11.3 Å². The van der Waals surface area contributed by atoms with Crippen molar-refractivity contribution in [2.24, 2.45) is 0 Å². The van der Waals surface area contributed by atoms with Crippen molar-refractivity contribution < 1.29 is 0 Å². The van der Waals surface area contributed by atoms with E-state index in [1.807, 2.05) is 19.2 Å². The van der Waals surface area contributed by atoms with Crippen LogP contribution in [-0.2, 0) is 0 Å². The zero-order valence-corrected chi connectivity index (χ0v) is 7.31. The van der Waals surface area contributed by atoms with Crippen LogP contribution >= 0.6 is 0 Å². The molecule has 0 radical (unpaired) electrons. The number of nitrogens with zero attached hydrogens (tertiary/aromatic N) is 3. The minimum absolute atomic E-state index is 0.515. The quantitative estimate of drug-likeness (QED) is 0.705. The second kappa shape index (κ2) is 2.90. The number of nitrogens with two attached hydrogens (primary N) is 1. The summed E-state index contributed by atoms with van der Waals surface area (Å²) in [7, 11) is 0. The first-order valence-electron chi connectivity index (χ1n) is 3.99. The van der Waals surface area contributed by atoms with Crippen LogP contribution in [0.4, 0.5) is 5.82 Å². The smallest absolute Gasteiger partial charge is 0.145 e. The Labute approximate surface area is 76.0 Å². The minimum atomic E-state index is 0.515. The Morgan fingerprint density at radius 1 is 1.38 bits per heavy atom. The maximum atomic E-state index is 5.50. The molecule has 2 N–H and O–H groups in total. The van der Waals surface area contributed by atoms with E-state index in [9.17, 15) is 0 Å². The molecule has 2 heterocycles. The summed E-state index contributed by atoms with van der Waals surface area (Å²) in [5, 5.41) is 4.08. The number of nitrogen functional groups attached to an aromatic ring is 1. The molecule has 2 aromatic rings. The standard InChI is InChI=1S/C9H10N4/c1-7-4-8(6-11-5-7)13-3-2-9(10)12-13/h2-6H,1H3,(H2,10,12). The van der Waals surface area contributed by atoms with E-state index in [1.165, 1.54) is 0 Å². The van der Waals surface area contributed by atoms with Crippen LogP contribution in [0.25, 0.3) is 5.69 Å². The van der Waals surface area contributed by atoms with Gasteiger partial charge in [0.1, 0.15) is 5.82 Å². The molecule has 0 fully saturated rings. The SMILES string of the molecule is Cc1cncc(-n2ccc(N)n2)c1. The lowest BCUT2D eigenvalue weighted by Crippen LogP contribution is -1.97. The van der Waals surface area contributed by atoms with E-state index >= 15 is 0 Å².